The highest BCUT2D eigenvalue weighted by Crippen LogP contribution is 2.44. The molecule has 0 bridgehead atoms. The molecule has 7 heteroatoms. The number of ether oxygens (including phenoxy) is 1. The minimum atomic E-state index is -1.11. The summed E-state index contributed by atoms with van der Waals surface area (Å²) in [7, 11) is 4.04. The van der Waals surface area contributed by atoms with Gasteiger partial charge in [0.1, 0.15) is 12.6 Å². The number of rotatable bonds is 9. The first-order chi connectivity index (χ1) is 17.9. The van der Waals surface area contributed by atoms with Crippen molar-refractivity contribution < 1.29 is 19.4 Å². The number of amides is 1. The van der Waals surface area contributed by atoms with E-state index in [0.717, 1.165) is 51.8 Å². The number of nitrogens with one attached hydrogen (secondary N) is 1. The molecule has 0 saturated carbocycles. The monoisotopic (exact) mass is 497 g/mol. The van der Waals surface area contributed by atoms with Gasteiger partial charge in [-0.05, 0) is 48.0 Å². The minimum Gasteiger partial charge on any atom is -0.480 e. The van der Waals surface area contributed by atoms with Gasteiger partial charge >= 0.3 is 12.1 Å². The molecule has 1 amide bonds. The molecular weight excluding hydrogens is 466 g/mol. The number of hydrogen-bond acceptors (Lipinski definition) is 4. The number of alkyl carbamates (subject to hydrolysis) is 1. The smallest absolute Gasteiger partial charge is 0.407 e. The van der Waals surface area contributed by atoms with Gasteiger partial charge in [0.05, 0.1) is 0 Å². The van der Waals surface area contributed by atoms with Crippen molar-refractivity contribution in [1.82, 2.24) is 14.8 Å². The van der Waals surface area contributed by atoms with Gasteiger partial charge in [-0.25, -0.2) is 9.59 Å². The van der Waals surface area contributed by atoms with Crippen LogP contribution in [0.3, 0.4) is 0 Å². The lowest BCUT2D eigenvalue weighted by Crippen LogP contribution is -2.42. The van der Waals surface area contributed by atoms with Gasteiger partial charge in [-0.1, -0.05) is 66.7 Å². The Kier molecular flexibility index (Phi) is 6.97. The Labute approximate surface area is 216 Å². The highest BCUT2D eigenvalue weighted by atomic mass is 16.5. The molecule has 0 radical (unpaired) electrons. The zero-order valence-corrected chi connectivity index (χ0v) is 21.1. The Morgan fingerprint density at radius 1 is 0.973 bits per heavy atom. The van der Waals surface area contributed by atoms with Gasteiger partial charge in [0.15, 0.2) is 0 Å². The first-order valence-corrected chi connectivity index (χ1v) is 12.5. The zero-order chi connectivity index (χ0) is 25.9. The van der Waals surface area contributed by atoms with Crippen molar-refractivity contribution in [2.24, 2.45) is 0 Å². The number of nitrogens with zero attached hydrogens (tertiary/aromatic N) is 2. The van der Waals surface area contributed by atoms with Crippen molar-refractivity contribution in [3.63, 3.8) is 0 Å². The fourth-order valence-corrected chi connectivity index (χ4v) is 5.18. The average molecular weight is 498 g/mol. The third-order valence-corrected chi connectivity index (χ3v) is 7.02. The van der Waals surface area contributed by atoms with Gasteiger partial charge in [0, 0.05) is 42.5 Å². The molecule has 5 rings (SSSR count). The first-order valence-electron chi connectivity index (χ1n) is 12.5. The molecule has 1 aromatic heterocycles. The number of carboxylic acid groups (broad SMARTS) is 1. The predicted octanol–water partition coefficient (Wildman–Crippen LogP) is 4.74. The summed E-state index contributed by atoms with van der Waals surface area (Å²) in [5.74, 6) is -1.19. The summed E-state index contributed by atoms with van der Waals surface area (Å²) >= 11 is 0. The van der Waals surface area contributed by atoms with E-state index in [1.807, 2.05) is 81.0 Å². The molecule has 1 unspecified atom stereocenters. The number of aliphatic carboxylic acids is 1. The lowest BCUT2D eigenvalue weighted by Gasteiger charge is -2.17. The van der Waals surface area contributed by atoms with Crippen LogP contribution in [0.5, 0.6) is 0 Å². The van der Waals surface area contributed by atoms with E-state index in [-0.39, 0.29) is 18.9 Å². The maximum Gasteiger partial charge on any atom is 0.407 e. The summed E-state index contributed by atoms with van der Waals surface area (Å²) in [5.41, 5.74) is 6.42. The second kappa shape index (κ2) is 10.5. The molecule has 2 N–H and O–H groups in total. The Morgan fingerprint density at radius 3 is 2.24 bits per heavy atom. The maximum atomic E-state index is 12.8. The molecule has 1 heterocycles. The number of likely N-dealkylation sites (N-methyl/N-ethyl adjacent to an activating group) is 1. The number of aromatic nitrogens is 1. The van der Waals surface area contributed by atoms with E-state index < -0.39 is 18.1 Å². The fraction of sp³-hybridized carbons (Fsp3) is 0.267. The van der Waals surface area contributed by atoms with E-state index in [1.54, 1.807) is 0 Å². The van der Waals surface area contributed by atoms with E-state index >= 15 is 0 Å². The van der Waals surface area contributed by atoms with Crippen molar-refractivity contribution in [1.29, 1.82) is 0 Å². The third-order valence-electron chi connectivity index (χ3n) is 7.02. The number of carbonyl (C=O) groups is 2. The number of fused-ring (bicyclic) bond motifs is 4. The van der Waals surface area contributed by atoms with Crippen LogP contribution in [-0.4, -0.2) is 59.9 Å². The van der Waals surface area contributed by atoms with Crippen LogP contribution >= 0.6 is 0 Å². The summed E-state index contributed by atoms with van der Waals surface area (Å²) in [6.45, 7) is 1.78. The molecule has 4 aromatic rings. The van der Waals surface area contributed by atoms with E-state index in [4.69, 9.17) is 4.74 Å². The molecule has 1 atom stereocenters. The molecule has 190 valence electrons. The Morgan fingerprint density at radius 2 is 1.59 bits per heavy atom. The van der Waals surface area contributed by atoms with Crippen LogP contribution in [-0.2, 0) is 22.5 Å². The van der Waals surface area contributed by atoms with E-state index in [2.05, 4.69) is 26.9 Å². The molecule has 3 aromatic carbocycles. The van der Waals surface area contributed by atoms with E-state index in [9.17, 15) is 14.7 Å². The molecular formula is C30H31N3O4. The van der Waals surface area contributed by atoms with Crippen LogP contribution < -0.4 is 5.32 Å². The van der Waals surface area contributed by atoms with Crippen LogP contribution in [0.2, 0.25) is 0 Å². The molecule has 0 fully saturated rings. The third kappa shape index (κ3) is 5.08. The summed E-state index contributed by atoms with van der Waals surface area (Å²) in [5, 5.41) is 13.5. The molecule has 0 saturated heterocycles. The summed E-state index contributed by atoms with van der Waals surface area (Å²) < 4.78 is 7.73. The lowest BCUT2D eigenvalue weighted by atomic mass is 9.98. The minimum absolute atomic E-state index is 0.0869. The summed E-state index contributed by atoms with van der Waals surface area (Å²) in [4.78, 5) is 27.0. The number of hydrogen-bond donors (Lipinski definition) is 2. The van der Waals surface area contributed by atoms with Gasteiger partial charge < -0.3 is 24.6 Å². The molecule has 0 aliphatic heterocycles. The molecule has 1 aliphatic rings. The van der Waals surface area contributed by atoms with Gasteiger partial charge in [-0.3, -0.25) is 0 Å². The lowest BCUT2D eigenvalue weighted by molar-refractivity contribution is -0.139. The second-order valence-electron chi connectivity index (χ2n) is 9.73. The highest BCUT2D eigenvalue weighted by molar-refractivity contribution is 5.86. The molecule has 0 spiro atoms. The number of para-hydroxylation sites is 1. The maximum absolute atomic E-state index is 12.8. The van der Waals surface area contributed by atoms with Crippen molar-refractivity contribution in [2.75, 3.05) is 27.2 Å². The van der Waals surface area contributed by atoms with Crippen LogP contribution in [0.15, 0.2) is 79.0 Å². The highest BCUT2D eigenvalue weighted by Gasteiger charge is 2.30. The fourth-order valence-electron chi connectivity index (χ4n) is 5.18. The standard InChI is InChI=1S/C30H31N3O4/c1-32(2)15-16-33-18-20(21-9-7-8-14-28(21)33)17-27(29(34)35)31-30(36)37-19-26-24-12-5-3-10-22(24)23-11-4-6-13-25(23)26/h3-14,18,26-27H,15-17,19H2,1-2H3,(H,31,36)(H,34,35). The molecule has 1 aliphatic carbocycles. The van der Waals surface area contributed by atoms with Crippen molar-refractivity contribution in [3.05, 3.63) is 95.7 Å². The summed E-state index contributed by atoms with van der Waals surface area (Å²) in [6.07, 6.45) is 1.42. The van der Waals surface area contributed by atoms with Gasteiger partial charge in [-0.2, -0.15) is 0 Å². The topological polar surface area (TPSA) is 83.8 Å². The number of carbonyl (C=O) groups excluding carboxylic acids is 1. The second-order valence-corrected chi connectivity index (χ2v) is 9.73. The molecule has 37 heavy (non-hydrogen) atoms. The average Bonchev–Trinajstić information content (AvgIpc) is 3.41. The SMILES string of the molecule is CN(C)CCn1cc(CC(NC(=O)OCC2c3ccccc3-c3ccccc32)C(=O)O)c2ccccc21. The quantitative estimate of drug-likeness (QED) is 0.349. The van der Waals surface area contributed by atoms with Gasteiger partial charge in [0.25, 0.3) is 0 Å². The Hall–Kier alpha value is -4.10. The Bertz CT molecular complexity index is 1400. The van der Waals surface area contributed by atoms with Gasteiger partial charge in [0.2, 0.25) is 0 Å². The number of benzene rings is 3. The van der Waals surface area contributed by atoms with Crippen LogP contribution in [0.1, 0.15) is 22.6 Å². The van der Waals surface area contributed by atoms with Crippen LogP contribution in [0.4, 0.5) is 4.79 Å². The normalized spacial score (nSPS) is 13.4. The van der Waals surface area contributed by atoms with Crippen molar-refractivity contribution in [3.8, 4) is 11.1 Å². The van der Waals surface area contributed by atoms with Crippen LogP contribution in [0.25, 0.3) is 22.0 Å². The summed E-state index contributed by atoms with van der Waals surface area (Å²) in [6, 6.07) is 23.0. The first kappa shape index (κ1) is 24.6. The van der Waals surface area contributed by atoms with Crippen LogP contribution in [0, 0.1) is 0 Å². The Balaban J connectivity index is 1.29. The van der Waals surface area contributed by atoms with Crippen molar-refractivity contribution in [2.45, 2.75) is 24.9 Å². The number of carboxylic acids is 1. The van der Waals surface area contributed by atoms with E-state index in [1.165, 1.54) is 0 Å². The van der Waals surface area contributed by atoms with Crippen molar-refractivity contribution >= 4 is 23.0 Å². The zero-order valence-electron chi connectivity index (χ0n) is 21.1. The largest absolute Gasteiger partial charge is 0.480 e. The van der Waals surface area contributed by atoms with E-state index in [0.29, 0.717) is 0 Å². The predicted molar refractivity (Wildman–Crippen MR) is 144 cm³/mol. The van der Waals surface area contributed by atoms with Gasteiger partial charge in [-0.15, -0.1) is 0 Å². The molecule has 7 nitrogen and oxygen atoms in total.